The maximum absolute atomic E-state index is 13.9. The fraction of sp³-hybridized carbons (Fsp3) is 0.235. The summed E-state index contributed by atoms with van der Waals surface area (Å²) in [7, 11) is 1.38. The Kier molecular flexibility index (Phi) is 10.5. The Bertz CT molecular complexity index is 1670. The van der Waals surface area contributed by atoms with E-state index in [-0.39, 0.29) is 11.7 Å². The van der Waals surface area contributed by atoms with Crippen LogP contribution in [-0.4, -0.2) is 29.9 Å². The summed E-state index contributed by atoms with van der Waals surface area (Å²) in [5.41, 5.74) is 4.50. The molecule has 1 aliphatic rings. The summed E-state index contributed by atoms with van der Waals surface area (Å²) in [6.07, 6.45) is 4.91. The van der Waals surface area contributed by atoms with Gasteiger partial charge >= 0.3 is 5.97 Å². The number of amides is 1. The number of thiocarbonyl (C=S) groups is 1. The summed E-state index contributed by atoms with van der Waals surface area (Å²) in [6.45, 7) is 1.53. The van der Waals surface area contributed by atoms with Crippen LogP contribution in [0.3, 0.4) is 0 Å². The lowest BCUT2D eigenvalue weighted by atomic mass is 10.1. The fourth-order valence-corrected chi connectivity index (χ4v) is 7.69. The third kappa shape index (κ3) is 7.74. The summed E-state index contributed by atoms with van der Waals surface area (Å²) in [4.78, 5) is 40.4. The van der Waals surface area contributed by atoms with Crippen molar-refractivity contribution < 1.29 is 19.1 Å². The van der Waals surface area contributed by atoms with Crippen molar-refractivity contribution >= 4 is 74.5 Å². The van der Waals surface area contributed by atoms with Gasteiger partial charge in [0.25, 0.3) is 0 Å². The third-order valence-corrected chi connectivity index (χ3v) is 9.94. The lowest BCUT2D eigenvalue weighted by Gasteiger charge is -2.18. The monoisotopic (exact) mass is 643 g/mol. The van der Waals surface area contributed by atoms with Gasteiger partial charge in [0.15, 0.2) is 10.9 Å². The first-order valence-corrected chi connectivity index (χ1v) is 16.5. The lowest BCUT2D eigenvalue weighted by molar-refractivity contribution is -0.115. The molecule has 0 fully saturated rings. The van der Waals surface area contributed by atoms with E-state index in [4.69, 9.17) is 17.0 Å². The highest BCUT2D eigenvalue weighted by Gasteiger charge is 2.29. The first-order chi connectivity index (χ1) is 21.3. The van der Waals surface area contributed by atoms with Crippen molar-refractivity contribution in [1.82, 2.24) is 0 Å². The number of carbonyl (C=O) groups is 3. The van der Waals surface area contributed by atoms with E-state index in [2.05, 4.69) is 16.0 Å². The maximum Gasteiger partial charge on any atom is 0.341 e. The molecule has 0 radical (unpaired) electrons. The van der Waals surface area contributed by atoms with Crippen molar-refractivity contribution in [3.8, 4) is 0 Å². The van der Waals surface area contributed by atoms with E-state index in [1.165, 1.54) is 37.1 Å². The number of thioether (sulfide) groups is 1. The quantitative estimate of drug-likeness (QED) is 0.0551. The van der Waals surface area contributed by atoms with Gasteiger partial charge in [0, 0.05) is 26.7 Å². The molecule has 226 valence electrons. The highest BCUT2D eigenvalue weighted by atomic mass is 32.2. The van der Waals surface area contributed by atoms with Crippen LogP contribution in [0.2, 0.25) is 0 Å². The Morgan fingerprint density at radius 3 is 2.32 bits per heavy atom. The molecule has 0 spiro atoms. The smallest absolute Gasteiger partial charge is 0.341 e. The van der Waals surface area contributed by atoms with Crippen molar-refractivity contribution in [3.63, 3.8) is 0 Å². The zero-order valence-corrected chi connectivity index (χ0v) is 26.9. The highest BCUT2D eigenvalue weighted by Crippen LogP contribution is 2.41. The van der Waals surface area contributed by atoms with E-state index in [1.54, 1.807) is 24.3 Å². The molecular formula is C34H33N3O4S3. The van der Waals surface area contributed by atoms with Crippen LogP contribution < -0.4 is 16.0 Å². The summed E-state index contributed by atoms with van der Waals surface area (Å²) in [6, 6.07) is 24.4. The number of thiophene rings is 1. The number of benzene rings is 3. The predicted molar refractivity (Wildman–Crippen MR) is 183 cm³/mol. The number of ether oxygens (including phenoxy) is 1. The molecule has 1 amide bonds. The Hall–Kier alpha value is -3.99. The molecule has 1 aromatic heterocycles. The number of fused-ring (bicyclic) bond motifs is 1. The summed E-state index contributed by atoms with van der Waals surface area (Å²) >= 11 is 8.42. The highest BCUT2D eigenvalue weighted by molar-refractivity contribution is 8.00. The molecule has 7 nitrogen and oxygen atoms in total. The van der Waals surface area contributed by atoms with Crippen LogP contribution in [0.5, 0.6) is 0 Å². The minimum absolute atomic E-state index is 0.00266. The van der Waals surface area contributed by atoms with E-state index in [0.29, 0.717) is 21.2 Å². The minimum atomic E-state index is -0.580. The number of hydrogen-bond acceptors (Lipinski definition) is 7. The molecule has 44 heavy (non-hydrogen) atoms. The number of carbonyl (C=O) groups excluding carboxylic acids is 3. The molecule has 1 unspecified atom stereocenters. The number of aryl methyl sites for hydroxylation is 1. The van der Waals surface area contributed by atoms with Crippen molar-refractivity contribution in [3.05, 3.63) is 106 Å². The molecule has 5 rings (SSSR count). The molecule has 10 heteroatoms. The van der Waals surface area contributed by atoms with E-state index in [0.717, 1.165) is 64.4 Å². The van der Waals surface area contributed by atoms with E-state index in [1.807, 2.05) is 54.6 Å². The van der Waals surface area contributed by atoms with Crippen LogP contribution in [0.1, 0.15) is 68.2 Å². The Labute approximate surface area is 270 Å². The topological polar surface area (TPSA) is 96.5 Å². The second kappa shape index (κ2) is 14.7. The van der Waals surface area contributed by atoms with Gasteiger partial charge in [-0.2, -0.15) is 0 Å². The van der Waals surface area contributed by atoms with Gasteiger partial charge in [-0.3, -0.25) is 9.59 Å². The van der Waals surface area contributed by atoms with Crippen LogP contribution in [0.15, 0.2) is 83.8 Å². The van der Waals surface area contributed by atoms with E-state index < -0.39 is 11.2 Å². The maximum atomic E-state index is 13.9. The van der Waals surface area contributed by atoms with Gasteiger partial charge in [0.05, 0.1) is 12.7 Å². The predicted octanol–water partition coefficient (Wildman–Crippen LogP) is 8.29. The number of methoxy groups -OCH3 is 1. The summed E-state index contributed by atoms with van der Waals surface area (Å²) in [5.74, 6) is -0.628. The van der Waals surface area contributed by atoms with Crippen LogP contribution in [0.4, 0.5) is 16.4 Å². The Balaban J connectivity index is 1.34. The van der Waals surface area contributed by atoms with Gasteiger partial charge in [-0.25, -0.2) is 4.79 Å². The van der Waals surface area contributed by atoms with E-state index in [9.17, 15) is 14.4 Å². The van der Waals surface area contributed by atoms with Gasteiger partial charge < -0.3 is 20.7 Å². The molecule has 1 aliphatic carbocycles. The number of rotatable bonds is 9. The van der Waals surface area contributed by atoms with Crippen LogP contribution in [0.25, 0.3) is 0 Å². The normalized spacial score (nSPS) is 13.1. The molecule has 3 aromatic carbocycles. The molecule has 1 heterocycles. The number of nitrogens with one attached hydrogen (secondary N) is 3. The second-order valence-corrected chi connectivity index (χ2v) is 13.1. The number of esters is 1. The van der Waals surface area contributed by atoms with Gasteiger partial charge in [-0.05, 0) is 98.4 Å². The van der Waals surface area contributed by atoms with Crippen LogP contribution in [0, 0.1) is 0 Å². The van der Waals surface area contributed by atoms with Crippen LogP contribution in [-0.2, 0) is 22.4 Å². The molecule has 0 saturated heterocycles. The van der Waals surface area contributed by atoms with Crippen molar-refractivity contribution in [2.45, 2.75) is 49.2 Å². The molecule has 0 aliphatic heterocycles. The molecule has 3 N–H and O–H groups in total. The zero-order chi connectivity index (χ0) is 31.1. The Morgan fingerprint density at radius 2 is 1.59 bits per heavy atom. The second-order valence-electron chi connectivity index (χ2n) is 10.4. The largest absolute Gasteiger partial charge is 0.465 e. The van der Waals surface area contributed by atoms with E-state index >= 15 is 0 Å². The third-order valence-electron chi connectivity index (χ3n) is 7.28. The van der Waals surface area contributed by atoms with Gasteiger partial charge in [0.2, 0.25) is 5.91 Å². The number of anilines is 3. The van der Waals surface area contributed by atoms with Crippen molar-refractivity contribution in [1.29, 1.82) is 0 Å². The summed E-state index contributed by atoms with van der Waals surface area (Å²) in [5, 5.41) is 9.80. The first-order valence-electron chi connectivity index (χ1n) is 14.4. The molecular weight excluding hydrogens is 611 g/mol. The van der Waals surface area contributed by atoms with Gasteiger partial charge in [-0.15, -0.1) is 23.1 Å². The summed E-state index contributed by atoms with van der Waals surface area (Å²) < 4.78 is 5.14. The first kappa shape index (κ1) is 31.4. The van der Waals surface area contributed by atoms with Crippen molar-refractivity contribution in [2.75, 3.05) is 23.1 Å². The zero-order valence-electron chi connectivity index (χ0n) is 24.5. The van der Waals surface area contributed by atoms with Gasteiger partial charge in [-0.1, -0.05) is 42.8 Å². The average Bonchev–Trinajstić information content (AvgIpc) is 3.19. The number of hydrogen-bond donors (Lipinski definition) is 3. The lowest BCUT2D eigenvalue weighted by Crippen LogP contribution is -2.20. The average molecular weight is 644 g/mol. The SMILES string of the molecule is COC(=O)c1c(NC(=O)C(Sc2cccc(NC(=S)Nc3ccc(C(C)=O)cc3)c2)c2ccccc2)sc2c1CCCCC2. The Morgan fingerprint density at radius 1 is 0.864 bits per heavy atom. The molecule has 1 atom stereocenters. The molecule has 4 aromatic rings. The minimum Gasteiger partial charge on any atom is -0.465 e. The standard InChI is InChI=1S/C34H33N3O4S3/c1-21(38)22-16-18-24(19-17-22)35-34(42)36-25-12-9-13-26(20-25)43-30(23-10-5-3-6-11-23)31(39)37-32-29(33(40)41-2)27-14-7-4-8-15-28(27)44-32/h3,5-6,9-13,16-20,30H,4,7-8,14-15H2,1-2H3,(H,37,39)(H2,35,36,42). The van der Waals surface area contributed by atoms with Crippen LogP contribution >= 0.6 is 35.3 Å². The number of Topliss-reactive ketones (excluding diaryl/α,β-unsaturated/α-hetero) is 1. The molecule has 0 bridgehead atoms. The number of ketones is 1. The van der Waals surface area contributed by atoms with Gasteiger partial charge in [0.1, 0.15) is 10.3 Å². The van der Waals surface area contributed by atoms with Crippen molar-refractivity contribution in [2.24, 2.45) is 0 Å². The fourth-order valence-electron chi connectivity index (χ4n) is 5.09. The molecule has 0 saturated carbocycles.